The zero-order valence-corrected chi connectivity index (χ0v) is 12.9. The fourth-order valence-corrected chi connectivity index (χ4v) is 3.27. The number of aromatic nitrogens is 2. The summed E-state index contributed by atoms with van der Waals surface area (Å²) in [5.74, 6) is 0.906. The number of thiophene rings is 1. The van der Waals surface area contributed by atoms with Crippen LogP contribution in [-0.4, -0.2) is 9.78 Å². The number of nitrogens with two attached hydrogens (primary N) is 1. The fraction of sp³-hybridized carbons (Fsp3) is 0.417. The third-order valence-electron chi connectivity index (χ3n) is 2.71. The maximum absolute atomic E-state index is 6.11. The van der Waals surface area contributed by atoms with Crippen LogP contribution < -0.4 is 11.1 Å². The second-order valence-corrected chi connectivity index (χ2v) is 6.69. The lowest BCUT2D eigenvalue weighted by Gasteiger charge is -2.06. The van der Waals surface area contributed by atoms with Gasteiger partial charge in [-0.3, -0.25) is 4.68 Å². The third kappa shape index (κ3) is 2.87. The van der Waals surface area contributed by atoms with Crippen molar-refractivity contribution in [1.82, 2.24) is 9.78 Å². The van der Waals surface area contributed by atoms with E-state index in [4.69, 9.17) is 5.73 Å². The molecule has 0 bridgehead atoms. The highest BCUT2D eigenvalue weighted by atomic mass is 79.9. The molecule has 0 spiro atoms. The van der Waals surface area contributed by atoms with Gasteiger partial charge in [0.2, 0.25) is 0 Å². The normalized spacial score (nSPS) is 10.8. The predicted octanol–water partition coefficient (Wildman–Crippen LogP) is 3.39. The summed E-state index contributed by atoms with van der Waals surface area (Å²) in [6, 6.07) is 4.15. The standard InChI is InChI=1S/C12H17BrN4S/c1-3-4-9-11(14)12(17(2)16-9)15-7-8-5-6-10(13)18-8/h5-6,15H,3-4,7,14H2,1-2H3. The number of nitrogen functional groups attached to an aromatic ring is 1. The highest BCUT2D eigenvalue weighted by Gasteiger charge is 2.12. The number of hydrogen-bond donors (Lipinski definition) is 2. The molecule has 0 atom stereocenters. The molecular formula is C12H17BrN4S. The Morgan fingerprint density at radius 2 is 2.28 bits per heavy atom. The predicted molar refractivity (Wildman–Crippen MR) is 81.0 cm³/mol. The van der Waals surface area contributed by atoms with Crippen molar-refractivity contribution in [2.75, 3.05) is 11.1 Å². The van der Waals surface area contributed by atoms with Gasteiger partial charge in [-0.2, -0.15) is 5.10 Å². The van der Waals surface area contributed by atoms with E-state index in [-0.39, 0.29) is 0 Å². The molecule has 0 aliphatic heterocycles. The van der Waals surface area contributed by atoms with E-state index < -0.39 is 0 Å². The largest absolute Gasteiger partial charge is 0.394 e. The molecule has 3 N–H and O–H groups in total. The highest BCUT2D eigenvalue weighted by Crippen LogP contribution is 2.26. The summed E-state index contributed by atoms with van der Waals surface area (Å²) in [6.45, 7) is 2.90. The van der Waals surface area contributed by atoms with E-state index in [0.29, 0.717) is 0 Å². The number of halogens is 1. The maximum Gasteiger partial charge on any atom is 0.148 e. The molecule has 0 fully saturated rings. The van der Waals surface area contributed by atoms with Gasteiger partial charge in [-0.15, -0.1) is 11.3 Å². The van der Waals surface area contributed by atoms with Crippen LogP contribution in [0.5, 0.6) is 0 Å². The number of hydrogen-bond acceptors (Lipinski definition) is 4. The smallest absolute Gasteiger partial charge is 0.148 e. The molecule has 2 heterocycles. The Balaban J connectivity index is 2.09. The summed E-state index contributed by atoms with van der Waals surface area (Å²) in [4.78, 5) is 1.26. The van der Waals surface area contributed by atoms with Crippen LogP contribution in [0.4, 0.5) is 11.5 Å². The van der Waals surface area contributed by atoms with Gasteiger partial charge in [0.1, 0.15) is 5.82 Å². The zero-order chi connectivity index (χ0) is 13.1. The lowest BCUT2D eigenvalue weighted by Crippen LogP contribution is -2.05. The Bertz CT molecular complexity index is 532. The second-order valence-electron chi connectivity index (χ2n) is 4.14. The molecule has 0 aliphatic rings. The molecule has 2 aromatic heterocycles. The highest BCUT2D eigenvalue weighted by molar-refractivity contribution is 9.11. The van der Waals surface area contributed by atoms with Crippen LogP contribution in [0.1, 0.15) is 23.9 Å². The van der Waals surface area contributed by atoms with Crippen molar-refractivity contribution in [1.29, 1.82) is 0 Å². The van der Waals surface area contributed by atoms with Gasteiger partial charge in [0.05, 0.1) is 21.7 Å². The molecular weight excluding hydrogens is 312 g/mol. The van der Waals surface area contributed by atoms with Crippen LogP contribution in [0.3, 0.4) is 0 Å². The lowest BCUT2D eigenvalue weighted by atomic mass is 10.2. The van der Waals surface area contributed by atoms with E-state index in [0.717, 1.165) is 40.4 Å². The molecule has 18 heavy (non-hydrogen) atoms. The molecule has 0 radical (unpaired) electrons. The van der Waals surface area contributed by atoms with Gasteiger partial charge < -0.3 is 11.1 Å². The fourth-order valence-electron chi connectivity index (χ4n) is 1.84. The van der Waals surface area contributed by atoms with Crippen LogP contribution >= 0.6 is 27.3 Å². The van der Waals surface area contributed by atoms with Gasteiger partial charge >= 0.3 is 0 Å². The van der Waals surface area contributed by atoms with Crippen molar-refractivity contribution in [3.63, 3.8) is 0 Å². The minimum atomic E-state index is 0.769. The quantitative estimate of drug-likeness (QED) is 0.884. The summed E-state index contributed by atoms with van der Waals surface area (Å²) >= 11 is 5.18. The molecule has 0 aromatic carbocycles. The molecule has 0 aliphatic carbocycles. The Labute approximate surface area is 119 Å². The first-order chi connectivity index (χ1) is 8.61. The van der Waals surface area contributed by atoms with Crippen molar-refractivity contribution < 1.29 is 0 Å². The monoisotopic (exact) mass is 328 g/mol. The molecule has 6 heteroatoms. The first-order valence-corrected chi connectivity index (χ1v) is 7.52. The second kappa shape index (κ2) is 5.75. The topological polar surface area (TPSA) is 55.9 Å². The van der Waals surface area contributed by atoms with Gasteiger partial charge in [0, 0.05) is 11.9 Å². The van der Waals surface area contributed by atoms with E-state index in [1.807, 2.05) is 11.7 Å². The van der Waals surface area contributed by atoms with Crippen molar-refractivity contribution in [3.05, 3.63) is 26.5 Å². The molecule has 2 aromatic rings. The third-order valence-corrected chi connectivity index (χ3v) is 4.33. The molecule has 4 nitrogen and oxygen atoms in total. The Kier molecular flexibility index (Phi) is 4.29. The van der Waals surface area contributed by atoms with Crippen molar-refractivity contribution in [3.8, 4) is 0 Å². The molecule has 98 valence electrons. The zero-order valence-electron chi connectivity index (χ0n) is 10.5. The molecule has 2 rings (SSSR count). The Hall–Kier alpha value is -1.01. The molecule has 0 unspecified atom stereocenters. The summed E-state index contributed by atoms with van der Waals surface area (Å²) in [5, 5.41) is 7.80. The first-order valence-electron chi connectivity index (χ1n) is 5.91. The minimum absolute atomic E-state index is 0.769. The van der Waals surface area contributed by atoms with E-state index >= 15 is 0 Å². The number of nitrogens with one attached hydrogen (secondary N) is 1. The summed E-state index contributed by atoms with van der Waals surface area (Å²) in [7, 11) is 1.92. The van der Waals surface area contributed by atoms with Crippen molar-refractivity contribution in [2.24, 2.45) is 7.05 Å². The summed E-state index contributed by atoms with van der Waals surface area (Å²) < 4.78 is 2.96. The number of aryl methyl sites for hydroxylation is 2. The van der Waals surface area contributed by atoms with Crippen molar-refractivity contribution in [2.45, 2.75) is 26.3 Å². The molecule has 0 amide bonds. The van der Waals surface area contributed by atoms with Gasteiger partial charge in [0.25, 0.3) is 0 Å². The summed E-state index contributed by atoms with van der Waals surface area (Å²) in [5.41, 5.74) is 7.86. The van der Waals surface area contributed by atoms with E-state index in [9.17, 15) is 0 Å². The van der Waals surface area contributed by atoms with Crippen LogP contribution in [0.2, 0.25) is 0 Å². The first kappa shape index (κ1) is 13.4. The van der Waals surface area contributed by atoms with Gasteiger partial charge in [-0.05, 0) is 34.5 Å². The van der Waals surface area contributed by atoms with Crippen LogP contribution in [0, 0.1) is 0 Å². The summed E-state index contributed by atoms with van der Waals surface area (Å²) in [6.07, 6.45) is 1.98. The average molecular weight is 329 g/mol. The minimum Gasteiger partial charge on any atom is -0.394 e. The Morgan fingerprint density at radius 3 is 2.89 bits per heavy atom. The lowest BCUT2D eigenvalue weighted by molar-refractivity contribution is 0.735. The van der Waals surface area contributed by atoms with Crippen LogP contribution in [-0.2, 0) is 20.0 Å². The van der Waals surface area contributed by atoms with Crippen LogP contribution in [0.25, 0.3) is 0 Å². The van der Waals surface area contributed by atoms with Gasteiger partial charge in [-0.25, -0.2) is 0 Å². The molecule has 0 saturated carbocycles. The van der Waals surface area contributed by atoms with Crippen molar-refractivity contribution >= 4 is 38.8 Å². The van der Waals surface area contributed by atoms with E-state index in [2.05, 4.69) is 45.4 Å². The van der Waals surface area contributed by atoms with E-state index in [1.165, 1.54) is 4.88 Å². The maximum atomic E-state index is 6.11. The number of rotatable bonds is 5. The SMILES string of the molecule is CCCc1nn(C)c(NCc2ccc(Br)s2)c1N. The van der Waals surface area contributed by atoms with Gasteiger partial charge in [-0.1, -0.05) is 13.3 Å². The number of nitrogens with zero attached hydrogens (tertiary/aromatic N) is 2. The Morgan fingerprint density at radius 1 is 1.50 bits per heavy atom. The average Bonchev–Trinajstić information content (AvgIpc) is 2.84. The van der Waals surface area contributed by atoms with Gasteiger partial charge in [0.15, 0.2) is 0 Å². The molecule has 0 saturated heterocycles. The number of anilines is 2. The van der Waals surface area contributed by atoms with Crippen LogP contribution in [0.15, 0.2) is 15.9 Å². The van der Waals surface area contributed by atoms with E-state index in [1.54, 1.807) is 11.3 Å².